The number of rotatable bonds is 6. The van der Waals surface area contributed by atoms with Crippen LogP contribution in [0.25, 0.3) is 0 Å². The lowest BCUT2D eigenvalue weighted by atomic mass is 9.78. The van der Waals surface area contributed by atoms with Gasteiger partial charge in [0.1, 0.15) is 0 Å². The van der Waals surface area contributed by atoms with Crippen LogP contribution in [-0.4, -0.2) is 25.7 Å². The van der Waals surface area contributed by atoms with Crippen molar-refractivity contribution in [3.05, 3.63) is 0 Å². The van der Waals surface area contributed by atoms with Gasteiger partial charge in [-0.25, -0.2) is 0 Å². The van der Waals surface area contributed by atoms with Gasteiger partial charge in [0.05, 0.1) is 13.2 Å². The molecule has 3 nitrogen and oxygen atoms in total. The van der Waals surface area contributed by atoms with Crippen molar-refractivity contribution in [2.75, 3.05) is 19.7 Å². The summed E-state index contributed by atoms with van der Waals surface area (Å²) in [6, 6.07) is 0. The van der Waals surface area contributed by atoms with Gasteiger partial charge in [-0.15, -0.1) is 0 Å². The molecule has 0 bridgehead atoms. The Morgan fingerprint density at radius 3 is 2.56 bits per heavy atom. The molecule has 0 aliphatic heterocycles. The van der Waals surface area contributed by atoms with E-state index < -0.39 is 0 Å². The molecule has 0 radical (unpaired) electrons. The van der Waals surface area contributed by atoms with Crippen molar-refractivity contribution in [3.63, 3.8) is 0 Å². The van der Waals surface area contributed by atoms with Crippen molar-refractivity contribution in [3.8, 4) is 0 Å². The fourth-order valence-corrected chi connectivity index (χ4v) is 2.55. The van der Waals surface area contributed by atoms with Crippen LogP contribution in [0.4, 0.5) is 0 Å². The molecule has 1 rings (SSSR count). The molecule has 0 aromatic heterocycles. The normalized spacial score (nSPS) is 17.7. The van der Waals surface area contributed by atoms with Crippen LogP contribution in [0.3, 0.4) is 0 Å². The third-order valence-electron chi connectivity index (χ3n) is 3.62. The SMILES string of the molecule is CCOC(=O)CNCC(C)(C)C1CCCC1. The molecule has 1 N–H and O–H groups in total. The van der Waals surface area contributed by atoms with Gasteiger partial charge in [-0.2, -0.15) is 0 Å². The Bertz CT molecular complexity index is 220. The van der Waals surface area contributed by atoms with E-state index in [1.54, 1.807) is 0 Å². The summed E-state index contributed by atoms with van der Waals surface area (Å²) in [5, 5.41) is 3.21. The van der Waals surface area contributed by atoms with Crippen molar-refractivity contribution in [1.82, 2.24) is 5.32 Å². The van der Waals surface area contributed by atoms with E-state index in [0.717, 1.165) is 12.5 Å². The summed E-state index contributed by atoms with van der Waals surface area (Å²) in [4.78, 5) is 11.2. The Hall–Kier alpha value is -0.570. The average Bonchev–Trinajstić information content (AvgIpc) is 2.71. The molecule has 0 aromatic rings. The van der Waals surface area contributed by atoms with Gasteiger partial charge in [0.2, 0.25) is 0 Å². The van der Waals surface area contributed by atoms with Gasteiger partial charge >= 0.3 is 5.97 Å². The monoisotopic (exact) mass is 227 g/mol. The molecular formula is C13H25NO2. The first-order valence-corrected chi connectivity index (χ1v) is 6.42. The van der Waals surface area contributed by atoms with Gasteiger partial charge in [-0.05, 0) is 31.1 Å². The van der Waals surface area contributed by atoms with E-state index in [0.29, 0.717) is 18.6 Å². The molecule has 0 aromatic carbocycles. The minimum Gasteiger partial charge on any atom is -0.465 e. The van der Waals surface area contributed by atoms with Crippen LogP contribution >= 0.6 is 0 Å². The topological polar surface area (TPSA) is 38.3 Å². The fourth-order valence-electron chi connectivity index (χ4n) is 2.55. The van der Waals surface area contributed by atoms with E-state index >= 15 is 0 Å². The molecule has 0 spiro atoms. The number of hydrogen-bond acceptors (Lipinski definition) is 3. The number of ether oxygens (including phenoxy) is 1. The predicted octanol–water partition coefficient (Wildman–Crippen LogP) is 2.36. The van der Waals surface area contributed by atoms with Gasteiger partial charge in [-0.1, -0.05) is 26.7 Å². The first-order chi connectivity index (χ1) is 7.56. The zero-order chi connectivity index (χ0) is 12.0. The standard InChI is InChI=1S/C13H25NO2/c1-4-16-12(15)9-14-10-13(2,3)11-7-5-6-8-11/h11,14H,4-10H2,1-3H3. The number of esters is 1. The molecule has 0 unspecified atom stereocenters. The van der Waals surface area contributed by atoms with Gasteiger partial charge in [0.25, 0.3) is 0 Å². The van der Waals surface area contributed by atoms with Crippen LogP contribution in [0, 0.1) is 11.3 Å². The molecule has 1 fully saturated rings. The third-order valence-corrected chi connectivity index (χ3v) is 3.62. The van der Waals surface area contributed by atoms with Crippen molar-refractivity contribution in [2.24, 2.45) is 11.3 Å². The largest absolute Gasteiger partial charge is 0.465 e. The molecule has 0 atom stereocenters. The van der Waals surface area contributed by atoms with Gasteiger partial charge in [0.15, 0.2) is 0 Å². The van der Waals surface area contributed by atoms with Crippen molar-refractivity contribution >= 4 is 5.97 Å². The van der Waals surface area contributed by atoms with Crippen LogP contribution in [0.2, 0.25) is 0 Å². The van der Waals surface area contributed by atoms with Crippen molar-refractivity contribution in [1.29, 1.82) is 0 Å². The Morgan fingerprint density at radius 1 is 1.38 bits per heavy atom. The van der Waals surface area contributed by atoms with E-state index in [4.69, 9.17) is 4.74 Å². The number of carbonyl (C=O) groups is 1. The first kappa shape index (κ1) is 13.5. The summed E-state index contributed by atoms with van der Waals surface area (Å²) in [5.74, 6) is 0.659. The highest BCUT2D eigenvalue weighted by Crippen LogP contribution is 2.38. The van der Waals surface area contributed by atoms with E-state index in [1.807, 2.05) is 6.92 Å². The second-order valence-electron chi connectivity index (χ2n) is 5.38. The number of hydrogen-bond donors (Lipinski definition) is 1. The molecule has 16 heavy (non-hydrogen) atoms. The number of nitrogens with one attached hydrogen (secondary N) is 1. The lowest BCUT2D eigenvalue weighted by molar-refractivity contribution is -0.142. The Morgan fingerprint density at radius 2 is 2.00 bits per heavy atom. The van der Waals surface area contributed by atoms with Crippen LogP contribution in [0.15, 0.2) is 0 Å². The van der Waals surface area contributed by atoms with E-state index in [-0.39, 0.29) is 5.97 Å². The summed E-state index contributed by atoms with van der Waals surface area (Å²) in [7, 11) is 0. The van der Waals surface area contributed by atoms with Crippen molar-refractivity contribution < 1.29 is 9.53 Å². The lowest BCUT2D eigenvalue weighted by Crippen LogP contribution is -2.37. The molecule has 0 saturated heterocycles. The summed E-state index contributed by atoms with van der Waals surface area (Å²) >= 11 is 0. The van der Waals surface area contributed by atoms with Gasteiger partial charge in [0, 0.05) is 6.54 Å². The predicted molar refractivity (Wildman–Crippen MR) is 65.2 cm³/mol. The minimum absolute atomic E-state index is 0.148. The molecule has 1 aliphatic rings. The van der Waals surface area contributed by atoms with Crippen LogP contribution in [-0.2, 0) is 9.53 Å². The molecule has 1 saturated carbocycles. The molecule has 0 heterocycles. The van der Waals surface area contributed by atoms with E-state index in [9.17, 15) is 4.79 Å². The Kier molecular flexibility index (Phi) is 5.26. The van der Waals surface area contributed by atoms with E-state index in [1.165, 1.54) is 25.7 Å². The molecule has 3 heteroatoms. The average molecular weight is 227 g/mol. The maximum Gasteiger partial charge on any atom is 0.319 e. The molecule has 94 valence electrons. The number of carbonyl (C=O) groups excluding carboxylic acids is 1. The summed E-state index contributed by atoms with van der Waals surface area (Å²) in [6.07, 6.45) is 5.42. The van der Waals surface area contributed by atoms with Crippen LogP contribution in [0.5, 0.6) is 0 Å². The molecular weight excluding hydrogens is 202 g/mol. The third kappa shape index (κ3) is 4.12. The Labute approximate surface area is 98.9 Å². The second kappa shape index (κ2) is 6.24. The van der Waals surface area contributed by atoms with Gasteiger partial charge in [-0.3, -0.25) is 4.79 Å². The quantitative estimate of drug-likeness (QED) is 0.708. The maximum atomic E-state index is 11.2. The second-order valence-corrected chi connectivity index (χ2v) is 5.38. The first-order valence-electron chi connectivity index (χ1n) is 6.42. The molecule has 1 aliphatic carbocycles. The van der Waals surface area contributed by atoms with Crippen molar-refractivity contribution in [2.45, 2.75) is 46.5 Å². The highest BCUT2D eigenvalue weighted by atomic mass is 16.5. The zero-order valence-corrected chi connectivity index (χ0v) is 10.8. The van der Waals surface area contributed by atoms with Crippen LogP contribution < -0.4 is 5.32 Å². The zero-order valence-electron chi connectivity index (χ0n) is 10.8. The smallest absolute Gasteiger partial charge is 0.319 e. The van der Waals surface area contributed by atoms with Gasteiger partial charge < -0.3 is 10.1 Å². The minimum atomic E-state index is -0.148. The fraction of sp³-hybridized carbons (Fsp3) is 0.923. The summed E-state index contributed by atoms with van der Waals surface area (Å²) < 4.78 is 4.88. The highest BCUT2D eigenvalue weighted by molar-refractivity contribution is 5.71. The highest BCUT2D eigenvalue weighted by Gasteiger charge is 2.31. The lowest BCUT2D eigenvalue weighted by Gasteiger charge is -2.31. The summed E-state index contributed by atoms with van der Waals surface area (Å²) in [6.45, 7) is 8.12. The Balaban J connectivity index is 2.22. The molecule has 0 amide bonds. The summed E-state index contributed by atoms with van der Waals surface area (Å²) in [5.41, 5.74) is 0.295. The maximum absolute atomic E-state index is 11.2. The van der Waals surface area contributed by atoms with Crippen LogP contribution in [0.1, 0.15) is 46.5 Å². The van der Waals surface area contributed by atoms with E-state index in [2.05, 4.69) is 19.2 Å².